The van der Waals surface area contributed by atoms with Crippen molar-refractivity contribution < 1.29 is 0 Å². The normalized spacial score (nSPS) is 15.4. The van der Waals surface area contributed by atoms with E-state index in [1.165, 1.54) is 18.4 Å². The van der Waals surface area contributed by atoms with Crippen molar-refractivity contribution in [2.75, 3.05) is 0 Å². The smallest absolute Gasteiger partial charge is 0.0960 e. The second kappa shape index (κ2) is 3.65. The molecule has 4 heteroatoms. The molecule has 0 radical (unpaired) electrons. The first-order valence-electron chi connectivity index (χ1n) is 6.20. The molecule has 3 nitrogen and oxygen atoms in total. The molecule has 90 valence electrons. The SMILES string of the molecule is Cc1nc(-c2ccc3c(c2)ncn3C2CC2)cs1. The highest BCUT2D eigenvalue weighted by Gasteiger charge is 2.24. The zero-order chi connectivity index (χ0) is 12.1. The van der Waals surface area contributed by atoms with E-state index in [4.69, 9.17) is 0 Å². The molecule has 1 aliphatic carbocycles. The highest BCUT2D eigenvalue weighted by atomic mass is 32.1. The summed E-state index contributed by atoms with van der Waals surface area (Å²) >= 11 is 1.69. The lowest BCUT2D eigenvalue weighted by Crippen LogP contribution is -1.90. The summed E-state index contributed by atoms with van der Waals surface area (Å²) in [6, 6.07) is 7.15. The van der Waals surface area contributed by atoms with Gasteiger partial charge in [0.2, 0.25) is 0 Å². The van der Waals surface area contributed by atoms with Crippen LogP contribution in [0, 0.1) is 6.92 Å². The zero-order valence-electron chi connectivity index (χ0n) is 10.1. The lowest BCUT2D eigenvalue weighted by Gasteiger charge is -2.01. The van der Waals surface area contributed by atoms with E-state index in [9.17, 15) is 0 Å². The maximum absolute atomic E-state index is 4.53. The van der Waals surface area contributed by atoms with Crippen LogP contribution in [-0.2, 0) is 0 Å². The zero-order valence-corrected chi connectivity index (χ0v) is 10.9. The van der Waals surface area contributed by atoms with Crippen LogP contribution in [0.2, 0.25) is 0 Å². The fourth-order valence-corrected chi connectivity index (χ4v) is 2.95. The lowest BCUT2D eigenvalue weighted by atomic mass is 10.1. The van der Waals surface area contributed by atoms with E-state index in [0.29, 0.717) is 6.04 Å². The Morgan fingerprint density at radius 1 is 1.33 bits per heavy atom. The van der Waals surface area contributed by atoms with Crippen LogP contribution in [0.5, 0.6) is 0 Å². The minimum absolute atomic E-state index is 0.683. The van der Waals surface area contributed by atoms with Crippen molar-refractivity contribution in [2.45, 2.75) is 25.8 Å². The van der Waals surface area contributed by atoms with E-state index in [1.807, 2.05) is 13.3 Å². The van der Waals surface area contributed by atoms with E-state index in [-0.39, 0.29) is 0 Å². The second-order valence-electron chi connectivity index (χ2n) is 4.84. The summed E-state index contributed by atoms with van der Waals surface area (Å²) in [5.74, 6) is 0. The Morgan fingerprint density at radius 2 is 2.22 bits per heavy atom. The van der Waals surface area contributed by atoms with Crippen molar-refractivity contribution in [3.8, 4) is 11.3 Å². The lowest BCUT2D eigenvalue weighted by molar-refractivity contribution is 0.766. The molecular weight excluding hydrogens is 242 g/mol. The summed E-state index contributed by atoms with van der Waals surface area (Å²) in [6.45, 7) is 2.04. The molecular formula is C14H13N3S. The second-order valence-corrected chi connectivity index (χ2v) is 5.90. The number of nitrogens with zero attached hydrogens (tertiary/aromatic N) is 3. The van der Waals surface area contributed by atoms with Crippen LogP contribution in [0.15, 0.2) is 29.9 Å². The van der Waals surface area contributed by atoms with Gasteiger partial charge in [-0.15, -0.1) is 11.3 Å². The minimum Gasteiger partial charge on any atom is -0.327 e. The average molecular weight is 255 g/mol. The predicted octanol–water partition coefficient (Wildman–Crippen LogP) is 3.80. The molecule has 0 unspecified atom stereocenters. The maximum atomic E-state index is 4.53. The quantitative estimate of drug-likeness (QED) is 0.697. The molecule has 3 aromatic rings. The number of rotatable bonds is 2. The Bertz CT molecular complexity index is 722. The summed E-state index contributed by atoms with van der Waals surface area (Å²) in [7, 11) is 0. The fraction of sp³-hybridized carbons (Fsp3) is 0.286. The predicted molar refractivity (Wildman–Crippen MR) is 73.8 cm³/mol. The van der Waals surface area contributed by atoms with Gasteiger partial charge in [0.05, 0.1) is 28.1 Å². The summed E-state index contributed by atoms with van der Waals surface area (Å²) < 4.78 is 2.30. The van der Waals surface area contributed by atoms with Crippen LogP contribution in [-0.4, -0.2) is 14.5 Å². The Balaban J connectivity index is 1.84. The van der Waals surface area contributed by atoms with Gasteiger partial charge in [0.25, 0.3) is 0 Å². The third-order valence-electron chi connectivity index (χ3n) is 3.43. The maximum Gasteiger partial charge on any atom is 0.0960 e. The average Bonchev–Trinajstić information content (AvgIpc) is 2.99. The molecule has 1 aliphatic rings. The molecule has 0 saturated heterocycles. The van der Waals surface area contributed by atoms with Crippen molar-refractivity contribution in [3.63, 3.8) is 0 Å². The van der Waals surface area contributed by atoms with Gasteiger partial charge in [0, 0.05) is 17.0 Å². The summed E-state index contributed by atoms with van der Waals surface area (Å²) in [5.41, 5.74) is 4.53. The van der Waals surface area contributed by atoms with Crippen molar-refractivity contribution in [3.05, 3.63) is 34.9 Å². The van der Waals surface area contributed by atoms with E-state index in [1.54, 1.807) is 11.3 Å². The molecule has 0 bridgehead atoms. The topological polar surface area (TPSA) is 30.7 Å². The number of aryl methyl sites for hydroxylation is 1. The summed E-state index contributed by atoms with van der Waals surface area (Å²) in [6.07, 6.45) is 4.55. The number of thiazole rings is 1. The van der Waals surface area contributed by atoms with Crippen LogP contribution in [0.25, 0.3) is 22.3 Å². The van der Waals surface area contributed by atoms with Crippen LogP contribution < -0.4 is 0 Å². The molecule has 0 spiro atoms. The van der Waals surface area contributed by atoms with Gasteiger partial charge in [-0.3, -0.25) is 0 Å². The molecule has 0 atom stereocenters. The van der Waals surface area contributed by atoms with Crippen molar-refractivity contribution in [1.29, 1.82) is 0 Å². The first-order chi connectivity index (χ1) is 8.81. The molecule has 0 aliphatic heterocycles. The van der Waals surface area contributed by atoms with Gasteiger partial charge in [0.15, 0.2) is 0 Å². The first-order valence-corrected chi connectivity index (χ1v) is 7.08. The third-order valence-corrected chi connectivity index (χ3v) is 4.20. The monoisotopic (exact) mass is 255 g/mol. The standard InChI is InChI=1S/C14H13N3S/c1-9-16-13(7-18-9)10-2-5-14-12(6-10)15-8-17(14)11-3-4-11/h2,5-8,11H,3-4H2,1H3. The highest BCUT2D eigenvalue weighted by molar-refractivity contribution is 7.09. The number of benzene rings is 1. The van der Waals surface area contributed by atoms with Gasteiger partial charge in [-0.1, -0.05) is 6.07 Å². The van der Waals surface area contributed by atoms with Crippen molar-refractivity contribution in [1.82, 2.24) is 14.5 Å². The number of hydrogen-bond donors (Lipinski definition) is 0. The van der Waals surface area contributed by atoms with E-state index in [0.717, 1.165) is 21.8 Å². The molecule has 1 saturated carbocycles. The molecule has 18 heavy (non-hydrogen) atoms. The molecule has 0 N–H and O–H groups in total. The number of aromatic nitrogens is 3. The molecule has 1 aromatic carbocycles. The van der Waals surface area contributed by atoms with E-state index >= 15 is 0 Å². The third kappa shape index (κ3) is 1.56. The van der Waals surface area contributed by atoms with Gasteiger partial charge >= 0.3 is 0 Å². The molecule has 4 rings (SSSR count). The number of hydrogen-bond acceptors (Lipinski definition) is 3. The van der Waals surface area contributed by atoms with Crippen LogP contribution >= 0.6 is 11.3 Å². The summed E-state index contributed by atoms with van der Waals surface area (Å²) in [5, 5.41) is 3.21. The van der Waals surface area contributed by atoms with Crippen LogP contribution in [0.4, 0.5) is 0 Å². The molecule has 0 amide bonds. The minimum atomic E-state index is 0.683. The Hall–Kier alpha value is -1.68. The first kappa shape index (κ1) is 10.3. The molecule has 2 heterocycles. The van der Waals surface area contributed by atoms with Gasteiger partial charge in [0.1, 0.15) is 0 Å². The Kier molecular flexibility index (Phi) is 2.08. The Labute approximate surface area is 109 Å². The van der Waals surface area contributed by atoms with Crippen molar-refractivity contribution >= 4 is 22.4 Å². The van der Waals surface area contributed by atoms with E-state index < -0.39 is 0 Å². The molecule has 1 fully saturated rings. The van der Waals surface area contributed by atoms with Gasteiger partial charge < -0.3 is 4.57 Å². The highest BCUT2D eigenvalue weighted by Crippen LogP contribution is 2.37. The molecule has 2 aromatic heterocycles. The number of imidazole rings is 1. The fourth-order valence-electron chi connectivity index (χ4n) is 2.33. The summed E-state index contributed by atoms with van der Waals surface area (Å²) in [4.78, 5) is 9.04. The van der Waals surface area contributed by atoms with Gasteiger partial charge in [-0.2, -0.15) is 0 Å². The van der Waals surface area contributed by atoms with E-state index in [2.05, 4.69) is 38.1 Å². The Morgan fingerprint density at radius 3 is 2.94 bits per heavy atom. The van der Waals surface area contributed by atoms with Crippen LogP contribution in [0.1, 0.15) is 23.9 Å². The van der Waals surface area contributed by atoms with Gasteiger partial charge in [-0.05, 0) is 31.9 Å². The largest absolute Gasteiger partial charge is 0.327 e. The van der Waals surface area contributed by atoms with Crippen LogP contribution in [0.3, 0.4) is 0 Å². The number of fused-ring (bicyclic) bond motifs is 1. The van der Waals surface area contributed by atoms with Gasteiger partial charge in [-0.25, -0.2) is 9.97 Å². The van der Waals surface area contributed by atoms with Crippen molar-refractivity contribution in [2.24, 2.45) is 0 Å².